The lowest BCUT2D eigenvalue weighted by molar-refractivity contribution is -0.118. The second-order valence-electron chi connectivity index (χ2n) is 4.39. The summed E-state index contributed by atoms with van der Waals surface area (Å²) in [6.45, 7) is 2.61. The highest BCUT2D eigenvalue weighted by Gasteiger charge is 2.12. The van der Waals surface area contributed by atoms with Gasteiger partial charge >= 0.3 is 0 Å². The van der Waals surface area contributed by atoms with Crippen LogP contribution in [-0.4, -0.2) is 27.9 Å². The third-order valence-electron chi connectivity index (χ3n) is 3.01. The Balaban J connectivity index is 2.41. The predicted octanol–water partition coefficient (Wildman–Crippen LogP) is 1.83. The van der Waals surface area contributed by atoms with Crippen LogP contribution in [0.1, 0.15) is 18.3 Å². The van der Waals surface area contributed by atoms with E-state index in [4.69, 9.17) is 16.9 Å². The van der Waals surface area contributed by atoms with E-state index in [-0.39, 0.29) is 5.91 Å². The number of carbonyl (C=O) groups excluding carboxylic acids is 1. The van der Waals surface area contributed by atoms with E-state index in [1.54, 1.807) is 6.07 Å². The largest absolute Gasteiger partial charge is 0.355 e. The molecule has 0 saturated carbocycles. The number of nitrogens with one attached hydrogen (secondary N) is 1. The van der Waals surface area contributed by atoms with Crippen molar-refractivity contribution in [3.8, 4) is 6.07 Å². The molecule has 0 unspecified atom stereocenters. The monoisotopic (exact) mass is 290 g/mol. The van der Waals surface area contributed by atoms with E-state index in [0.717, 1.165) is 11.3 Å². The molecule has 1 amide bonds. The highest BCUT2D eigenvalue weighted by molar-refractivity contribution is 6.17. The van der Waals surface area contributed by atoms with Crippen molar-refractivity contribution in [3.05, 3.63) is 29.6 Å². The van der Waals surface area contributed by atoms with Crippen LogP contribution in [0.4, 0.5) is 0 Å². The molecule has 0 atom stereocenters. The number of para-hydroxylation sites is 1. The van der Waals surface area contributed by atoms with Crippen LogP contribution < -0.4 is 5.32 Å². The maximum Gasteiger partial charge on any atom is 0.216 e. The molecule has 1 aromatic heterocycles. The molecule has 0 fully saturated rings. The molecule has 0 aliphatic rings. The number of nitriles is 1. The van der Waals surface area contributed by atoms with Crippen LogP contribution >= 0.6 is 11.6 Å². The van der Waals surface area contributed by atoms with E-state index in [9.17, 15) is 4.79 Å². The smallest absolute Gasteiger partial charge is 0.216 e. The SMILES string of the molecule is CC(=O)NCCn1c(CCCl)nc2c(C#N)cccc21. The van der Waals surface area contributed by atoms with Crippen LogP contribution in [-0.2, 0) is 17.8 Å². The average molecular weight is 291 g/mol. The summed E-state index contributed by atoms with van der Waals surface area (Å²) in [4.78, 5) is 15.5. The maximum atomic E-state index is 10.9. The first-order valence-corrected chi connectivity index (χ1v) is 6.89. The van der Waals surface area contributed by atoms with Gasteiger partial charge in [-0.3, -0.25) is 4.79 Å². The van der Waals surface area contributed by atoms with Gasteiger partial charge in [-0.25, -0.2) is 4.98 Å². The Morgan fingerprint density at radius 3 is 3.00 bits per heavy atom. The number of halogens is 1. The first kappa shape index (κ1) is 14.4. The molecule has 2 rings (SSSR count). The molecule has 104 valence electrons. The molecule has 6 heteroatoms. The summed E-state index contributed by atoms with van der Waals surface area (Å²) >= 11 is 5.81. The summed E-state index contributed by atoms with van der Waals surface area (Å²) in [5.41, 5.74) is 2.14. The molecule has 0 saturated heterocycles. The third-order valence-corrected chi connectivity index (χ3v) is 3.19. The van der Waals surface area contributed by atoms with Crippen molar-refractivity contribution in [1.82, 2.24) is 14.9 Å². The number of alkyl halides is 1. The fourth-order valence-corrected chi connectivity index (χ4v) is 2.32. The molecule has 0 spiro atoms. The van der Waals surface area contributed by atoms with Crippen molar-refractivity contribution in [3.63, 3.8) is 0 Å². The first-order valence-electron chi connectivity index (χ1n) is 6.36. The first-order chi connectivity index (χ1) is 9.67. The summed E-state index contributed by atoms with van der Waals surface area (Å²) in [6, 6.07) is 7.66. The summed E-state index contributed by atoms with van der Waals surface area (Å²) in [5.74, 6) is 1.24. The number of fused-ring (bicyclic) bond motifs is 1. The number of amides is 1. The molecule has 1 N–H and O–H groups in total. The van der Waals surface area contributed by atoms with Gasteiger partial charge in [-0.15, -0.1) is 11.6 Å². The Bertz CT molecular complexity index is 672. The Morgan fingerprint density at radius 1 is 1.55 bits per heavy atom. The minimum Gasteiger partial charge on any atom is -0.355 e. The highest BCUT2D eigenvalue weighted by Crippen LogP contribution is 2.20. The van der Waals surface area contributed by atoms with Crippen LogP contribution in [0.15, 0.2) is 18.2 Å². The summed E-state index contributed by atoms with van der Waals surface area (Å²) in [6.07, 6.45) is 0.626. The van der Waals surface area contributed by atoms with Gasteiger partial charge in [0, 0.05) is 32.3 Å². The number of rotatable bonds is 5. The quantitative estimate of drug-likeness (QED) is 0.854. The lowest BCUT2D eigenvalue weighted by atomic mass is 10.2. The molecule has 0 aliphatic carbocycles. The topological polar surface area (TPSA) is 70.7 Å². The zero-order valence-electron chi connectivity index (χ0n) is 11.2. The molecule has 1 heterocycles. The summed E-state index contributed by atoms with van der Waals surface area (Å²) in [7, 11) is 0. The Morgan fingerprint density at radius 2 is 2.35 bits per heavy atom. The second kappa shape index (κ2) is 6.40. The average Bonchev–Trinajstić information content (AvgIpc) is 2.77. The van der Waals surface area contributed by atoms with Crippen LogP contribution in [0.25, 0.3) is 11.0 Å². The molecule has 0 aliphatic heterocycles. The zero-order valence-corrected chi connectivity index (χ0v) is 11.9. The van der Waals surface area contributed by atoms with Gasteiger partial charge in [0.25, 0.3) is 0 Å². The molecule has 1 aromatic carbocycles. The minimum absolute atomic E-state index is 0.0639. The molecule has 0 radical (unpaired) electrons. The summed E-state index contributed by atoms with van der Waals surface area (Å²) in [5, 5.41) is 11.9. The fourth-order valence-electron chi connectivity index (χ4n) is 2.15. The van der Waals surface area contributed by atoms with Crippen molar-refractivity contribution in [1.29, 1.82) is 5.26 Å². The molecular formula is C14H15ClN4O. The number of nitrogens with zero attached hydrogens (tertiary/aromatic N) is 3. The fraction of sp³-hybridized carbons (Fsp3) is 0.357. The normalized spacial score (nSPS) is 10.4. The summed E-state index contributed by atoms with van der Waals surface area (Å²) < 4.78 is 2.01. The number of aryl methyl sites for hydroxylation is 1. The predicted molar refractivity (Wildman–Crippen MR) is 77.6 cm³/mol. The molecule has 0 bridgehead atoms. The van der Waals surface area contributed by atoms with E-state index in [1.165, 1.54) is 6.92 Å². The lowest BCUT2D eigenvalue weighted by Gasteiger charge is -2.08. The molecule has 20 heavy (non-hydrogen) atoms. The Kier molecular flexibility index (Phi) is 4.59. The highest BCUT2D eigenvalue weighted by atomic mass is 35.5. The van der Waals surface area contributed by atoms with Crippen molar-refractivity contribution in [2.75, 3.05) is 12.4 Å². The van der Waals surface area contributed by atoms with E-state index < -0.39 is 0 Å². The van der Waals surface area contributed by atoms with Gasteiger partial charge in [-0.1, -0.05) is 6.07 Å². The minimum atomic E-state index is -0.0639. The number of aromatic nitrogens is 2. The van der Waals surface area contributed by atoms with Gasteiger partial charge in [0.1, 0.15) is 17.4 Å². The molecule has 5 nitrogen and oxygen atoms in total. The van der Waals surface area contributed by atoms with Crippen LogP contribution in [0, 0.1) is 11.3 Å². The van der Waals surface area contributed by atoms with Gasteiger partial charge in [0.2, 0.25) is 5.91 Å². The number of imidazole rings is 1. The van der Waals surface area contributed by atoms with Crippen molar-refractivity contribution in [2.24, 2.45) is 0 Å². The van der Waals surface area contributed by atoms with Gasteiger partial charge in [-0.2, -0.15) is 5.26 Å². The van der Waals surface area contributed by atoms with E-state index in [2.05, 4.69) is 16.4 Å². The van der Waals surface area contributed by atoms with Gasteiger partial charge in [0.15, 0.2) is 0 Å². The number of benzene rings is 1. The molecule has 2 aromatic rings. The zero-order chi connectivity index (χ0) is 14.5. The van der Waals surface area contributed by atoms with Crippen LogP contribution in [0.3, 0.4) is 0 Å². The Hall–Kier alpha value is -2.06. The second-order valence-corrected chi connectivity index (χ2v) is 4.76. The van der Waals surface area contributed by atoms with Gasteiger partial charge in [0.05, 0.1) is 11.1 Å². The Labute approximate surface area is 122 Å². The van der Waals surface area contributed by atoms with Crippen LogP contribution in [0.5, 0.6) is 0 Å². The molecular weight excluding hydrogens is 276 g/mol. The number of hydrogen-bond donors (Lipinski definition) is 1. The van der Waals surface area contributed by atoms with Crippen molar-refractivity contribution < 1.29 is 4.79 Å². The van der Waals surface area contributed by atoms with Gasteiger partial charge < -0.3 is 9.88 Å². The lowest BCUT2D eigenvalue weighted by Crippen LogP contribution is -2.25. The number of carbonyl (C=O) groups is 1. The van der Waals surface area contributed by atoms with Crippen molar-refractivity contribution >= 4 is 28.5 Å². The number of hydrogen-bond acceptors (Lipinski definition) is 3. The van der Waals surface area contributed by atoms with Crippen LogP contribution in [0.2, 0.25) is 0 Å². The third kappa shape index (κ3) is 2.91. The van der Waals surface area contributed by atoms with Crippen molar-refractivity contribution in [2.45, 2.75) is 19.9 Å². The van der Waals surface area contributed by atoms with E-state index >= 15 is 0 Å². The maximum absolute atomic E-state index is 10.9. The standard InChI is InChI=1S/C14H15ClN4O/c1-10(20)17-7-8-19-12-4-2-3-11(9-16)14(12)18-13(19)5-6-15/h2-4H,5-8H2,1H3,(H,17,20). The van der Waals surface area contributed by atoms with E-state index in [0.29, 0.717) is 36.5 Å². The van der Waals surface area contributed by atoms with E-state index in [1.807, 2.05) is 16.7 Å². The van der Waals surface area contributed by atoms with Gasteiger partial charge in [-0.05, 0) is 12.1 Å².